The van der Waals surface area contributed by atoms with Gasteiger partial charge in [0.1, 0.15) is 18.3 Å². The Morgan fingerprint density at radius 2 is 1.65 bits per heavy atom. The number of sulfonamides is 1. The summed E-state index contributed by atoms with van der Waals surface area (Å²) in [4.78, 5) is 28.6. The van der Waals surface area contributed by atoms with Crippen LogP contribution in [0.2, 0.25) is 5.02 Å². The van der Waals surface area contributed by atoms with Crippen molar-refractivity contribution in [3.63, 3.8) is 0 Å². The molecule has 0 saturated carbocycles. The van der Waals surface area contributed by atoms with Crippen LogP contribution in [0.5, 0.6) is 5.75 Å². The number of nitrogens with one attached hydrogen (secondary N) is 1. The van der Waals surface area contributed by atoms with Gasteiger partial charge in [-0.1, -0.05) is 57.9 Å². The average Bonchev–Trinajstić information content (AvgIpc) is 2.90. The minimum atomic E-state index is -4.24. The summed E-state index contributed by atoms with van der Waals surface area (Å²) in [7, 11) is -2.84. The number of carbonyl (C=O) groups is 2. The van der Waals surface area contributed by atoms with Crippen LogP contribution in [0.25, 0.3) is 0 Å². The summed E-state index contributed by atoms with van der Waals surface area (Å²) >= 11 is 9.66. The van der Waals surface area contributed by atoms with Crippen molar-refractivity contribution in [3.8, 4) is 5.75 Å². The Bertz CT molecular complexity index is 1440. The first kappa shape index (κ1) is 31.4. The number of carbonyl (C=O) groups excluding carboxylic acids is 2. The first-order valence-electron chi connectivity index (χ1n) is 12.5. The summed E-state index contributed by atoms with van der Waals surface area (Å²) in [6.45, 7) is 6.64. The van der Waals surface area contributed by atoms with Crippen molar-refractivity contribution in [1.29, 1.82) is 0 Å². The van der Waals surface area contributed by atoms with Crippen molar-refractivity contribution < 1.29 is 22.7 Å². The first-order chi connectivity index (χ1) is 18.7. The lowest BCUT2D eigenvalue weighted by atomic mass is 10.1. The van der Waals surface area contributed by atoms with Crippen molar-refractivity contribution in [2.45, 2.75) is 50.7 Å². The van der Waals surface area contributed by atoms with E-state index in [4.69, 9.17) is 16.3 Å². The summed E-state index contributed by atoms with van der Waals surface area (Å²) in [5.74, 6) is -0.730. The van der Waals surface area contributed by atoms with Crippen LogP contribution >= 0.6 is 27.5 Å². The number of nitrogens with zero attached hydrogens (tertiary/aromatic N) is 2. The minimum Gasteiger partial charge on any atom is -0.495 e. The Morgan fingerprint density at radius 1 is 1.02 bits per heavy atom. The SMILES string of the molecule is COc1ccc(Cl)cc1N(CC(=O)N(Cc1ccc(Br)cc1)[C@@H](C)C(=O)NC(C)(C)C)S(=O)(=O)c1ccccc1. The number of hydrogen-bond donors (Lipinski definition) is 1. The van der Waals surface area contributed by atoms with Crippen LogP contribution in [0.4, 0.5) is 5.69 Å². The van der Waals surface area contributed by atoms with E-state index in [2.05, 4.69) is 21.2 Å². The Hall–Kier alpha value is -3.08. The molecule has 40 heavy (non-hydrogen) atoms. The topological polar surface area (TPSA) is 96.0 Å². The molecule has 2 amide bonds. The van der Waals surface area contributed by atoms with E-state index in [0.717, 1.165) is 14.3 Å². The molecule has 1 atom stereocenters. The van der Waals surface area contributed by atoms with Crippen LogP contribution < -0.4 is 14.4 Å². The summed E-state index contributed by atoms with van der Waals surface area (Å²) in [6, 6.07) is 18.8. The highest BCUT2D eigenvalue weighted by molar-refractivity contribution is 9.10. The second kappa shape index (κ2) is 13.1. The van der Waals surface area contributed by atoms with E-state index in [1.807, 2.05) is 45.0 Å². The minimum absolute atomic E-state index is 0.0113. The van der Waals surface area contributed by atoms with E-state index in [-0.39, 0.29) is 33.8 Å². The highest BCUT2D eigenvalue weighted by atomic mass is 79.9. The van der Waals surface area contributed by atoms with E-state index in [1.165, 1.54) is 36.3 Å². The molecule has 0 heterocycles. The van der Waals surface area contributed by atoms with Crippen LogP contribution in [0.3, 0.4) is 0 Å². The summed E-state index contributed by atoms with van der Waals surface area (Å²) in [5.41, 5.74) is 0.335. The van der Waals surface area contributed by atoms with Gasteiger partial charge in [-0.25, -0.2) is 8.42 Å². The third-order valence-electron chi connectivity index (χ3n) is 5.95. The molecule has 0 fully saturated rings. The van der Waals surface area contributed by atoms with Crippen molar-refractivity contribution in [2.24, 2.45) is 0 Å². The van der Waals surface area contributed by atoms with Crippen molar-refractivity contribution in [2.75, 3.05) is 18.0 Å². The molecule has 11 heteroatoms. The lowest BCUT2D eigenvalue weighted by Gasteiger charge is -2.33. The van der Waals surface area contributed by atoms with Crippen LogP contribution in [-0.2, 0) is 26.2 Å². The molecule has 3 aromatic carbocycles. The Kier molecular flexibility index (Phi) is 10.3. The standard InChI is InChI=1S/C29H33BrClN3O5S/c1-20(28(36)32-29(2,3)4)33(18-21-11-13-22(30)14-12-21)27(35)19-34(25-17-23(31)15-16-26(25)39-5)40(37,38)24-9-7-6-8-10-24/h6-17,20H,18-19H2,1-5H3,(H,32,36)/t20-/m0/s1. The Balaban J connectivity index is 2.09. The van der Waals surface area contributed by atoms with Crippen molar-refractivity contribution in [3.05, 3.63) is 87.9 Å². The van der Waals surface area contributed by atoms with Crippen LogP contribution in [-0.4, -0.2) is 50.4 Å². The molecule has 0 saturated heterocycles. The molecule has 214 valence electrons. The maximum Gasteiger partial charge on any atom is 0.264 e. The van der Waals surface area contributed by atoms with Gasteiger partial charge in [0, 0.05) is 21.6 Å². The summed E-state index contributed by atoms with van der Waals surface area (Å²) < 4.78 is 35.1. The largest absolute Gasteiger partial charge is 0.495 e. The zero-order chi connectivity index (χ0) is 29.7. The molecule has 1 N–H and O–H groups in total. The predicted octanol–water partition coefficient (Wildman–Crippen LogP) is 5.64. The van der Waals surface area contributed by atoms with Gasteiger partial charge in [-0.2, -0.15) is 0 Å². The fourth-order valence-corrected chi connectivity index (χ4v) is 5.80. The Morgan fingerprint density at radius 3 is 2.23 bits per heavy atom. The zero-order valence-electron chi connectivity index (χ0n) is 23.0. The molecule has 8 nitrogen and oxygen atoms in total. The normalized spacial score (nSPS) is 12.4. The molecule has 0 spiro atoms. The maximum absolute atomic E-state index is 14.0. The van der Waals surface area contributed by atoms with Gasteiger partial charge in [0.2, 0.25) is 11.8 Å². The number of rotatable bonds is 10. The zero-order valence-corrected chi connectivity index (χ0v) is 26.2. The second-order valence-corrected chi connectivity index (χ2v) is 13.4. The average molecular weight is 651 g/mol. The van der Waals surface area contributed by atoms with E-state index in [9.17, 15) is 18.0 Å². The molecule has 0 aliphatic heterocycles. The number of ether oxygens (including phenoxy) is 1. The molecular weight excluding hydrogens is 618 g/mol. The smallest absolute Gasteiger partial charge is 0.264 e. The van der Waals surface area contributed by atoms with Gasteiger partial charge in [-0.3, -0.25) is 13.9 Å². The van der Waals surface area contributed by atoms with Gasteiger partial charge in [-0.15, -0.1) is 0 Å². The predicted molar refractivity (Wildman–Crippen MR) is 161 cm³/mol. The number of anilines is 1. The molecule has 0 aromatic heterocycles. The third kappa shape index (κ3) is 7.99. The summed E-state index contributed by atoms with van der Waals surface area (Å²) in [6.07, 6.45) is 0. The van der Waals surface area contributed by atoms with Gasteiger partial charge in [0.25, 0.3) is 10.0 Å². The van der Waals surface area contributed by atoms with E-state index in [0.29, 0.717) is 0 Å². The first-order valence-corrected chi connectivity index (χ1v) is 15.1. The fraction of sp³-hybridized carbons (Fsp3) is 0.310. The molecule has 0 aliphatic carbocycles. The van der Waals surface area contributed by atoms with Crippen molar-refractivity contribution in [1.82, 2.24) is 10.2 Å². The highest BCUT2D eigenvalue weighted by Crippen LogP contribution is 2.35. The van der Waals surface area contributed by atoms with Crippen LogP contribution in [0.15, 0.2) is 82.2 Å². The number of hydrogen-bond acceptors (Lipinski definition) is 5. The van der Waals surface area contributed by atoms with Crippen LogP contribution in [0, 0.1) is 0 Å². The van der Waals surface area contributed by atoms with Gasteiger partial charge in [0.15, 0.2) is 0 Å². The van der Waals surface area contributed by atoms with E-state index < -0.39 is 34.1 Å². The van der Waals surface area contributed by atoms with Gasteiger partial charge in [0.05, 0.1) is 17.7 Å². The number of benzene rings is 3. The molecule has 3 aromatic rings. The van der Waals surface area contributed by atoms with E-state index in [1.54, 1.807) is 31.2 Å². The van der Waals surface area contributed by atoms with E-state index >= 15 is 0 Å². The second-order valence-electron chi connectivity index (χ2n) is 10.2. The fourth-order valence-electron chi connectivity index (χ4n) is 3.93. The molecule has 0 radical (unpaired) electrons. The molecule has 3 rings (SSSR count). The van der Waals surface area contributed by atoms with Gasteiger partial charge >= 0.3 is 0 Å². The quantitative estimate of drug-likeness (QED) is 0.307. The van der Waals surface area contributed by atoms with Gasteiger partial charge < -0.3 is 15.0 Å². The number of amides is 2. The number of halogens is 2. The number of methoxy groups -OCH3 is 1. The van der Waals surface area contributed by atoms with Crippen molar-refractivity contribution >= 4 is 55.1 Å². The molecule has 0 bridgehead atoms. The third-order valence-corrected chi connectivity index (χ3v) is 8.49. The molecule has 0 aliphatic rings. The summed E-state index contributed by atoms with van der Waals surface area (Å²) in [5, 5.41) is 3.17. The molecular formula is C29H33BrClN3O5S. The maximum atomic E-state index is 14.0. The molecule has 0 unspecified atom stereocenters. The lowest BCUT2D eigenvalue weighted by molar-refractivity contribution is -0.140. The monoisotopic (exact) mass is 649 g/mol. The lowest BCUT2D eigenvalue weighted by Crippen LogP contribution is -2.54. The highest BCUT2D eigenvalue weighted by Gasteiger charge is 2.34. The Labute approximate surface area is 249 Å². The van der Waals surface area contributed by atoms with Crippen LogP contribution in [0.1, 0.15) is 33.3 Å². The van der Waals surface area contributed by atoms with Gasteiger partial charge in [-0.05, 0) is 75.7 Å².